The Kier molecular flexibility index (Phi) is 5.23. The van der Waals surface area contributed by atoms with Gasteiger partial charge in [0.1, 0.15) is 10.6 Å². The standard InChI is InChI=1S/C13H19BrFNOS/c1-8-11(6-10(15)7-12(8)14)9(2)16-18(17)13(3,4)5/h6-7,9,16H,1-5H3/t9?,18-/m0/s1. The van der Waals surface area contributed by atoms with E-state index in [4.69, 9.17) is 0 Å². The zero-order valence-corrected chi connectivity index (χ0v) is 13.7. The highest BCUT2D eigenvalue weighted by atomic mass is 79.9. The zero-order valence-electron chi connectivity index (χ0n) is 11.3. The van der Waals surface area contributed by atoms with E-state index >= 15 is 0 Å². The van der Waals surface area contributed by atoms with Gasteiger partial charge in [-0.05, 0) is 57.9 Å². The van der Waals surface area contributed by atoms with Crippen LogP contribution in [-0.4, -0.2) is 9.30 Å². The molecule has 102 valence electrons. The van der Waals surface area contributed by atoms with Crippen LogP contribution in [0.25, 0.3) is 0 Å². The van der Waals surface area contributed by atoms with Crippen molar-refractivity contribution in [2.75, 3.05) is 0 Å². The quantitative estimate of drug-likeness (QED) is 0.847. The molecule has 1 unspecified atom stereocenters. The highest BCUT2D eigenvalue weighted by Gasteiger charge is 2.29. The second-order valence-corrected chi connectivity index (χ2v) is 8.17. The van der Waals surface area contributed by atoms with Crippen molar-refractivity contribution in [2.45, 2.75) is 45.4 Å². The van der Waals surface area contributed by atoms with Crippen LogP contribution in [0.15, 0.2) is 16.6 Å². The van der Waals surface area contributed by atoms with Crippen molar-refractivity contribution in [3.63, 3.8) is 0 Å². The lowest BCUT2D eigenvalue weighted by molar-refractivity contribution is 0.529. The summed E-state index contributed by atoms with van der Waals surface area (Å²) < 4.78 is 28.8. The average molecular weight is 336 g/mol. The Labute approximate surface area is 120 Å². The Balaban J connectivity index is 2.95. The maximum absolute atomic E-state index is 13.4. The van der Waals surface area contributed by atoms with Crippen LogP contribution >= 0.6 is 15.9 Å². The highest BCUT2D eigenvalue weighted by Crippen LogP contribution is 2.27. The van der Waals surface area contributed by atoms with Crippen molar-refractivity contribution in [1.82, 2.24) is 4.72 Å². The second kappa shape index (κ2) is 5.90. The molecule has 1 N–H and O–H groups in total. The van der Waals surface area contributed by atoms with Crippen LogP contribution in [0.3, 0.4) is 0 Å². The molecule has 0 radical (unpaired) electrons. The van der Waals surface area contributed by atoms with Gasteiger partial charge in [-0.1, -0.05) is 15.9 Å². The lowest BCUT2D eigenvalue weighted by atomic mass is 10.0. The van der Waals surface area contributed by atoms with E-state index in [-0.39, 0.29) is 16.6 Å². The van der Waals surface area contributed by atoms with Gasteiger partial charge in [0, 0.05) is 15.8 Å². The van der Waals surface area contributed by atoms with Crippen molar-refractivity contribution in [2.24, 2.45) is 0 Å². The fourth-order valence-electron chi connectivity index (χ4n) is 1.52. The maximum atomic E-state index is 13.4. The van der Waals surface area contributed by atoms with Gasteiger partial charge in [-0.15, -0.1) is 4.72 Å². The summed E-state index contributed by atoms with van der Waals surface area (Å²) in [5.74, 6) is -0.294. The van der Waals surface area contributed by atoms with Crippen molar-refractivity contribution in [3.05, 3.63) is 33.5 Å². The largest absolute Gasteiger partial charge is 0.598 e. The third kappa shape index (κ3) is 3.95. The molecule has 2 nitrogen and oxygen atoms in total. The molecule has 1 aromatic rings. The first-order chi connectivity index (χ1) is 8.12. The molecule has 0 aliphatic rings. The summed E-state index contributed by atoms with van der Waals surface area (Å²) in [7, 11) is 0. The number of rotatable bonds is 3. The van der Waals surface area contributed by atoms with E-state index in [1.54, 1.807) is 0 Å². The van der Waals surface area contributed by atoms with Gasteiger partial charge in [-0.25, -0.2) is 4.39 Å². The molecule has 5 heteroatoms. The van der Waals surface area contributed by atoms with E-state index in [1.165, 1.54) is 12.1 Å². The van der Waals surface area contributed by atoms with Crippen LogP contribution in [-0.2, 0) is 11.4 Å². The van der Waals surface area contributed by atoms with Crippen LogP contribution in [0, 0.1) is 12.7 Å². The monoisotopic (exact) mass is 335 g/mol. The Morgan fingerprint density at radius 1 is 1.39 bits per heavy atom. The molecule has 1 aromatic carbocycles. The summed E-state index contributed by atoms with van der Waals surface area (Å²) >= 11 is 2.15. The third-order valence-electron chi connectivity index (χ3n) is 2.66. The minimum Gasteiger partial charge on any atom is -0.598 e. The topological polar surface area (TPSA) is 35.1 Å². The van der Waals surface area contributed by atoms with Crippen molar-refractivity contribution in [3.8, 4) is 0 Å². The minimum atomic E-state index is -1.18. The maximum Gasteiger partial charge on any atom is 0.136 e. The predicted molar refractivity (Wildman–Crippen MR) is 78.3 cm³/mol. The van der Waals surface area contributed by atoms with Gasteiger partial charge >= 0.3 is 0 Å². The first kappa shape index (κ1) is 16.0. The van der Waals surface area contributed by atoms with Gasteiger partial charge in [0.15, 0.2) is 0 Å². The van der Waals surface area contributed by atoms with Gasteiger partial charge < -0.3 is 4.55 Å². The van der Waals surface area contributed by atoms with Gasteiger partial charge in [0.25, 0.3) is 0 Å². The summed E-state index contributed by atoms with van der Waals surface area (Å²) in [6.45, 7) is 9.50. The lowest BCUT2D eigenvalue weighted by Gasteiger charge is -2.27. The number of benzene rings is 1. The molecule has 0 amide bonds. The number of nitrogens with one attached hydrogen (secondary N) is 1. The fraction of sp³-hybridized carbons (Fsp3) is 0.538. The molecular weight excluding hydrogens is 317 g/mol. The van der Waals surface area contributed by atoms with Gasteiger partial charge in [0.2, 0.25) is 0 Å². The first-order valence-electron chi connectivity index (χ1n) is 5.76. The molecule has 0 spiro atoms. The molecule has 0 saturated carbocycles. The molecule has 0 bridgehead atoms. The first-order valence-corrected chi connectivity index (χ1v) is 7.71. The number of hydrogen-bond acceptors (Lipinski definition) is 2. The summed E-state index contributed by atoms with van der Waals surface area (Å²) in [5.41, 5.74) is 1.78. The van der Waals surface area contributed by atoms with Crippen LogP contribution in [0.4, 0.5) is 4.39 Å². The van der Waals surface area contributed by atoms with E-state index in [0.29, 0.717) is 0 Å². The lowest BCUT2D eigenvalue weighted by Crippen LogP contribution is -2.40. The Morgan fingerprint density at radius 3 is 2.44 bits per heavy atom. The van der Waals surface area contributed by atoms with Crippen molar-refractivity contribution in [1.29, 1.82) is 0 Å². The average Bonchev–Trinajstić information content (AvgIpc) is 2.21. The van der Waals surface area contributed by atoms with Gasteiger partial charge in [0.05, 0.1) is 6.04 Å². The molecule has 2 atom stereocenters. The molecule has 0 saturated heterocycles. The highest BCUT2D eigenvalue weighted by molar-refractivity contribution is 9.10. The fourth-order valence-corrected chi connectivity index (χ4v) is 2.77. The third-order valence-corrected chi connectivity index (χ3v) is 5.16. The number of halogens is 2. The minimum absolute atomic E-state index is 0.169. The summed E-state index contributed by atoms with van der Waals surface area (Å²) in [6.07, 6.45) is 0. The normalized spacial score (nSPS) is 15.6. The van der Waals surface area contributed by atoms with E-state index < -0.39 is 11.4 Å². The summed E-state index contributed by atoms with van der Waals surface area (Å²) in [5, 5.41) is 0. The van der Waals surface area contributed by atoms with Crippen LogP contribution in [0.1, 0.15) is 44.9 Å². The van der Waals surface area contributed by atoms with Crippen LogP contribution in [0.2, 0.25) is 0 Å². The van der Waals surface area contributed by atoms with Crippen molar-refractivity contribution >= 4 is 27.3 Å². The second-order valence-electron chi connectivity index (χ2n) is 5.32. The Hall–Kier alpha value is -0.100. The van der Waals surface area contributed by atoms with E-state index in [9.17, 15) is 8.94 Å². The van der Waals surface area contributed by atoms with Crippen LogP contribution < -0.4 is 4.72 Å². The van der Waals surface area contributed by atoms with Crippen LogP contribution in [0.5, 0.6) is 0 Å². The smallest absolute Gasteiger partial charge is 0.136 e. The molecule has 0 heterocycles. The molecule has 0 aliphatic carbocycles. The van der Waals surface area contributed by atoms with E-state index in [0.717, 1.165) is 15.6 Å². The molecular formula is C13H19BrFNOS. The van der Waals surface area contributed by atoms with E-state index in [2.05, 4.69) is 20.7 Å². The zero-order chi connectivity index (χ0) is 14.1. The molecule has 0 fully saturated rings. The van der Waals surface area contributed by atoms with E-state index in [1.807, 2.05) is 34.6 Å². The Morgan fingerprint density at radius 2 is 1.94 bits per heavy atom. The molecule has 1 rings (SSSR count). The summed E-state index contributed by atoms with van der Waals surface area (Å²) in [6, 6.07) is 2.75. The SMILES string of the molecule is Cc1c(Br)cc(F)cc1C(C)N[S@@+]([O-])C(C)(C)C. The predicted octanol–water partition coefficient (Wildman–Crippen LogP) is 4.01. The van der Waals surface area contributed by atoms with Gasteiger partial charge in [-0.3, -0.25) is 0 Å². The van der Waals surface area contributed by atoms with Gasteiger partial charge in [-0.2, -0.15) is 0 Å². The number of hydrogen-bond donors (Lipinski definition) is 1. The Bertz CT molecular complexity index is 434. The molecule has 0 aliphatic heterocycles. The molecule has 0 aromatic heterocycles. The molecule has 18 heavy (non-hydrogen) atoms. The van der Waals surface area contributed by atoms with Crippen molar-refractivity contribution < 1.29 is 8.94 Å². The summed E-state index contributed by atoms with van der Waals surface area (Å²) in [4.78, 5) is 0.